The number of ether oxygens (including phenoxy) is 1. The van der Waals surface area contributed by atoms with Crippen LogP contribution in [-0.4, -0.2) is 44.4 Å². The molecule has 3 rings (SSSR count). The maximum absolute atomic E-state index is 12.9. The second-order valence-corrected chi connectivity index (χ2v) is 8.88. The van der Waals surface area contributed by atoms with Gasteiger partial charge in [0.25, 0.3) is 5.91 Å². The molecule has 0 bridgehead atoms. The molecule has 2 aromatic rings. The topological polar surface area (TPSA) is 92.8 Å². The molecule has 8 heteroatoms. The summed E-state index contributed by atoms with van der Waals surface area (Å²) >= 11 is 0. The summed E-state index contributed by atoms with van der Waals surface area (Å²) in [6.07, 6.45) is 0.411. The number of rotatable bonds is 6. The molecule has 28 heavy (non-hydrogen) atoms. The van der Waals surface area contributed by atoms with Gasteiger partial charge in [-0.05, 0) is 42.8 Å². The predicted octanol–water partition coefficient (Wildman–Crippen LogP) is 2.24. The van der Waals surface area contributed by atoms with E-state index >= 15 is 0 Å². The fourth-order valence-corrected chi connectivity index (χ4v) is 4.88. The van der Waals surface area contributed by atoms with Crippen LogP contribution in [0.15, 0.2) is 54.6 Å². The van der Waals surface area contributed by atoms with Crippen LogP contribution < -0.4 is 15.0 Å². The van der Waals surface area contributed by atoms with Crippen molar-refractivity contribution in [1.29, 1.82) is 0 Å². The summed E-state index contributed by atoms with van der Waals surface area (Å²) in [5.41, 5.74) is 1.28. The monoisotopic (exact) mass is 402 g/mol. The van der Waals surface area contributed by atoms with Crippen molar-refractivity contribution in [1.82, 2.24) is 0 Å². The number of sulfone groups is 1. The van der Waals surface area contributed by atoms with Crippen LogP contribution in [0.5, 0.6) is 5.75 Å². The Bertz CT molecular complexity index is 942. The summed E-state index contributed by atoms with van der Waals surface area (Å²) in [4.78, 5) is 25.5. The van der Waals surface area contributed by atoms with Gasteiger partial charge < -0.3 is 15.0 Å². The Labute approximate surface area is 164 Å². The van der Waals surface area contributed by atoms with Gasteiger partial charge in [0.05, 0.1) is 17.5 Å². The Hall–Kier alpha value is -2.87. The van der Waals surface area contributed by atoms with Gasteiger partial charge in [-0.1, -0.05) is 18.2 Å². The normalized spacial score (nSPS) is 17.7. The van der Waals surface area contributed by atoms with E-state index in [2.05, 4.69) is 5.32 Å². The van der Waals surface area contributed by atoms with Gasteiger partial charge in [0, 0.05) is 18.3 Å². The van der Waals surface area contributed by atoms with Crippen LogP contribution >= 0.6 is 0 Å². The third-order valence-electron chi connectivity index (χ3n) is 4.41. The van der Waals surface area contributed by atoms with Gasteiger partial charge in [-0.2, -0.15) is 0 Å². The second kappa shape index (κ2) is 8.43. The van der Waals surface area contributed by atoms with Crippen molar-refractivity contribution in [2.45, 2.75) is 19.4 Å². The van der Waals surface area contributed by atoms with E-state index in [0.29, 0.717) is 23.5 Å². The third-order valence-corrected chi connectivity index (χ3v) is 6.16. The molecule has 1 fully saturated rings. The molecule has 2 aromatic carbocycles. The lowest BCUT2D eigenvalue weighted by molar-refractivity contribution is -0.121. The number of carbonyl (C=O) groups is 2. The van der Waals surface area contributed by atoms with E-state index in [1.165, 1.54) is 11.8 Å². The average molecular weight is 402 g/mol. The van der Waals surface area contributed by atoms with Crippen molar-refractivity contribution in [3.8, 4) is 5.75 Å². The van der Waals surface area contributed by atoms with Crippen LogP contribution in [0, 0.1) is 0 Å². The number of nitrogens with zero attached hydrogens (tertiary/aromatic N) is 1. The molecule has 0 unspecified atom stereocenters. The van der Waals surface area contributed by atoms with E-state index < -0.39 is 15.9 Å². The first-order valence-electron chi connectivity index (χ1n) is 8.92. The Morgan fingerprint density at radius 3 is 2.36 bits per heavy atom. The fourth-order valence-electron chi connectivity index (χ4n) is 3.18. The highest BCUT2D eigenvalue weighted by atomic mass is 32.2. The van der Waals surface area contributed by atoms with Gasteiger partial charge in [-0.25, -0.2) is 8.42 Å². The first-order chi connectivity index (χ1) is 13.3. The van der Waals surface area contributed by atoms with Crippen LogP contribution in [0.4, 0.5) is 11.4 Å². The minimum absolute atomic E-state index is 0.0426. The fraction of sp³-hybridized carbons (Fsp3) is 0.300. The molecule has 0 aliphatic carbocycles. The number of anilines is 2. The van der Waals surface area contributed by atoms with E-state index in [-0.39, 0.29) is 29.9 Å². The molecule has 1 aliphatic rings. The number of amides is 2. The molecule has 0 spiro atoms. The van der Waals surface area contributed by atoms with Crippen LogP contribution in [0.25, 0.3) is 0 Å². The largest absolute Gasteiger partial charge is 0.484 e. The van der Waals surface area contributed by atoms with Gasteiger partial charge in [0.2, 0.25) is 5.91 Å². The highest BCUT2D eigenvalue weighted by Crippen LogP contribution is 2.25. The number of para-hydroxylation sites is 1. The summed E-state index contributed by atoms with van der Waals surface area (Å²) in [6, 6.07) is 15.3. The van der Waals surface area contributed by atoms with E-state index in [0.717, 1.165) is 0 Å². The summed E-state index contributed by atoms with van der Waals surface area (Å²) in [6.45, 7) is 1.20. The number of hydrogen-bond acceptors (Lipinski definition) is 5. The summed E-state index contributed by atoms with van der Waals surface area (Å²) in [5.74, 6) is 0.0429. The molecule has 0 radical (unpaired) electrons. The minimum atomic E-state index is -3.13. The highest BCUT2D eigenvalue weighted by Gasteiger charge is 2.35. The van der Waals surface area contributed by atoms with Gasteiger partial charge in [0.1, 0.15) is 5.75 Å². The smallest absolute Gasteiger partial charge is 0.265 e. The van der Waals surface area contributed by atoms with E-state index in [9.17, 15) is 18.0 Å². The maximum Gasteiger partial charge on any atom is 0.265 e. The summed E-state index contributed by atoms with van der Waals surface area (Å²) < 4.78 is 29.4. The first kappa shape index (κ1) is 19.9. The lowest BCUT2D eigenvalue weighted by atomic mass is 10.2. The maximum atomic E-state index is 12.9. The van der Waals surface area contributed by atoms with Crippen molar-refractivity contribution < 1.29 is 22.7 Å². The van der Waals surface area contributed by atoms with Crippen molar-refractivity contribution >= 4 is 33.0 Å². The van der Waals surface area contributed by atoms with Gasteiger partial charge >= 0.3 is 0 Å². The SMILES string of the molecule is CC(=O)Nc1ccc(OCC(=O)N(c2ccccc2)[C@@H]2CCS(=O)(=O)C2)cc1. The number of carbonyl (C=O) groups excluding carboxylic acids is 2. The molecule has 2 amide bonds. The molecule has 1 aliphatic heterocycles. The standard InChI is InChI=1S/C20H22N2O5S/c1-15(23)21-16-7-9-19(10-8-16)27-13-20(24)22(17-5-3-2-4-6-17)18-11-12-28(25,26)14-18/h2-10,18H,11-14H2,1H3,(H,21,23)/t18-/m1/s1. The zero-order valence-corrected chi connectivity index (χ0v) is 16.3. The zero-order chi connectivity index (χ0) is 20.1. The van der Waals surface area contributed by atoms with Gasteiger partial charge in [-0.3, -0.25) is 9.59 Å². The third kappa shape index (κ3) is 5.10. The quantitative estimate of drug-likeness (QED) is 0.800. The number of nitrogens with one attached hydrogen (secondary N) is 1. The lowest BCUT2D eigenvalue weighted by Crippen LogP contribution is -2.43. The molecule has 0 aromatic heterocycles. The predicted molar refractivity (Wildman–Crippen MR) is 107 cm³/mol. The van der Waals surface area contributed by atoms with Crippen molar-refractivity contribution in [2.75, 3.05) is 28.3 Å². The van der Waals surface area contributed by atoms with Crippen LogP contribution in [-0.2, 0) is 19.4 Å². The Kier molecular flexibility index (Phi) is 5.99. The number of benzene rings is 2. The molecule has 1 N–H and O–H groups in total. The Morgan fingerprint density at radius 1 is 1.11 bits per heavy atom. The molecule has 0 saturated carbocycles. The molecule has 1 atom stereocenters. The molecular weight excluding hydrogens is 380 g/mol. The van der Waals surface area contributed by atoms with E-state index in [4.69, 9.17) is 4.74 Å². The molecule has 1 saturated heterocycles. The molecule has 7 nitrogen and oxygen atoms in total. The number of hydrogen-bond donors (Lipinski definition) is 1. The van der Waals surface area contributed by atoms with Crippen LogP contribution in [0.2, 0.25) is 0 Å². The molecular formula is C20H22N2O5S. The zero-order valence-electron chi connectivity index (χ0n) is 15.5. The minimum Gasteiger partial charge on any atom is -0.484 e. The van der Waals surface area contributed by atoms with Crippen molar-refractivity contribution in [2.24, 2.45) is 0 Å². The van der Waals surface area contributed by atoms with Crippen molar-refractivity contribution in [3.63, 3.8) is 0 Å². The van der Waals surface area contributed by atoms with Crippen molar-refractivity contribution in [3.05, 3.63) is 54.6 Å². The van der Waals surface area contributed by atoms with E-state index in [1.807, 2.05) is 6.07 Å². The van der Waals surface area contributed by atoms with Gasteiger partial charge in [0.15, 0.2) is 16.4 Å². The Balaban J connectivity index is 1.70. The Morgan fingerprint density at radius 2 is 1.79 bits per heavy atom. The second-order valence-electron chi connectivity index (χ2n) is 6.65. The lowest BCUT2D eigenvalue weighted by Gasteiger charge is -2.28. The summed E-state index contributed by atoms with van der Waals surface area (Å²) in [7, 11) is -3.13. The average Bonchev–Trinajstić information content (AvgIpc) is 3.01. The highest BCUT2D eigenvalue weighted by molar-refractivity contribution is 7.91. The van der Waals surface area contributed by atoms with Crippen LogP contribution in [0.1, 0.15) is 13.3 Å². The molecule has 1 heterocycles. The first-order valence-corrected chi connectivity index (χ1v) is 10.7. The van der Waals surface area contributed by atoms with Gasteiger partial charge in [-0.15, -0.1) is 0 Å². The molecule has 148 valence electrons. The van der Waals surface area contributed by atoms with E-state index in [1.54, 1.807) is 48.5 Å². The van der Waals surface area contributed by atoms with Crippen LogP contribution in [0.3, 0.4) is 0 Å². The summed E-state index contributed by atoms with van der Waals surface area (Å²) in [5, 5.41) is 2.65.